The standard InChI is InChI=1S/C33H56O4S/c1-9-38(35,36)30-20-26-25(24-14-13-23(19-27(24)30)37-31(34)32(5,6)7)17-18-33(8)28(15-16-29(26)33)22(4)12-10-11-21(2)3/h21-23,25-26,28-30H,9-20H2,1-8H3/t22-,23?,25-,26-,28-,29+,30?,33-/m1/s1. The molecule has 218 valence electrons. The van der Waals surface area contributed by atoms with Crippen molar-refractivity contribution in [1.82, 2.24) is 0 Å². The second-order valence-electron chi connectivity index (χ2n) is 15.2. The highest BCUT2D eigenvalue weighted by Gasteiger charge is 2.58. The number of hydrogen-bond acceptors (Lipinski definition) is 4. The van der Waals surface area contributed by atoms with Crippen molar-refractivity contribution in [3.63, 3.8) is 0 Å². The van der Waals surface area contributed by atoms with Crippen LogP contribution in [0.1, 0.15) is 126 Å². The number of carbonyl (C=O) groups excluding carboxylic acids is 1. The van der Waals surface area contributed by atoms with Gasteiger partial charge >= 0.3 is 5.97 Å². The Bertz CT molecular complexity index is 1000. The van der Waals surface area contributed by atoms with E-state index in [1.165, 1.54) is 50.5 Å². The fourth-order valence-electron chi connectivity index (χ4n) is 9.17. The largest absolute Gasteiger partial charge is 0.462 e. The summed E-state index contributed by atoms with van der Waals surface area (Å²) >= 11 is 0. The molecule has 2 unspecified atom stereocenters. The molecule has 0 aromatic heterocycles. The van der Waals surface area contributed by atoms with Crippen LogP contribution in [0.5, 0.6) is 0 Å². The van der Waals surface area contributed by atoms with E-state index in [0.717, 1.165) is 42.6 Å². The van der Waals surface area contributed by atoms with Gasteiger partial charge in [-0.15, -0.1) is 0 Å². The maximum absolute atomic E-state index is 13.5. The number of sulfone groups is 1. The Morgan fingerprint density at radius 3 is 2.39 bits per heavy atom. The molecule has 2 fully saturated rings. The van der Waals surface area contributed by atoms with E-state index in [2.05, 4.69) is 27.7 Å². The van der Waals surface area contributed by atoms with Crippen molar-refractivity contribution in [2.24, 2.45) is 46.3 Å². The smallest absolute Gasteiger partial charge is 0.311 e. The molecule has 0 spiro atoms. The van der Waals surface area contributed by atoms with Crippen molar-refractivity contribution in [3.05, 3.63) is 11.1 Å². The minimum Gasteiger partial charge on any atom is -0.462 e. The quantitative estimate of drug-likeness (QED) is 0.227. The summed E-state index contributed by atoms with van der Waals surface area (Å²) in [6.07, 6.45) is 12.0. The van der Waals surface area contributed by atoms with Crippen molar-refractivity contribution in [2.45, 2.75) is 137 Å². The van der Waals surface area contributed by atoms with Gasteiger partial charge in [-0.2, -0.15) is 0 Å². The molecule has 0 aromatic carbocycles. The van der Waals surface area contributed by atoms with Crippen LogP contribution in [-0.2, 0) is 19.4 Å². The van der Waals surface area contributed by atoms with E-state index < -0.39 is 15.3 Å². The zero-order chi connectivity index (χ0) is 28.0. The van der Waals surface area contributed by atoms with Gasteiger partial charge in [0.15, 0.2) is 9.84 Å². The number of rotatable bonds is 8. The lowest BCUT2D eigenvalue weighted by Crippen LogP contribution is -2.49. The lowest BCUT2D eigenvalue weighted by atomic mass is 9.52. The zero-order valence-electron chi connectivity index (χ0n) is 25.6. The van der Waals surface area contributed by atoms with Crippen LogP contribution in [0, 0.1) is 46.3 Å². The normalized spacial score (nSPS) is 36.4. The fourth-order valence-corrected chi connectivity index (χ4v) is 10.8. The molecular weight excluding hydrogens is 492 g/mol. The highest BCUT2D eigenvalue weighted by molar-refractivity contribution is 7.92. The number of carbonyl (C=O) groups is 1. The van der Waals surface area contributed by atoms with E-state index in [0.29, 0.717) is 29.6 Å². The number of hydrogen-bond donors (Lipinski definition) is 0. The second kappa shape index (κ2) is 11.2. The Kier molecular flexibility index (Phi) is 8.88. The molecular formula is C33H56O4S. The Hall–Kier alpha value is -0.840. The molecule has 38 heavy (non-hydrogen) atoms. The summed E-state index contributed by atoms with van der Waals surface area (Å²) in [4.78, 5) is 12.6. The molecule has 0 amide bonds. The molecule has 4 aliphatic rings. The Balaban J connectivity index is 1.58. The molecule has 0 saturated heterocycles. The SMILES string of the molecule is CCS(=O)(=O)C1C[C@@H]2[C@H](CC[C@]3(C)[C@@H]([C@H](C)CCCC(C)C)CC[C@@H]23)C2=C1CC(OC(=O)C(C)(C)C)CC2. The number of fused-ring (bicyclic) bond motifs is 4. The maximum Gasteiger partial charge on any atom is 0.311 e. The maximum atomic E-state index is 13.5. The highest BCUT2D eigenvalue weighted by atomic mass is 32.2. The zero-order valence-corrected chi connectivity index (χ0v) is 26.5. The summed E-state index contributed by atoms with van der Waals surface area (Å²) in [5.74, 6) is 3.96. The van der Waals surface area contributed by atoms with Crippen LogP contribution < -0.4 is 0 Å². The van der Waals surface area contributed by atoms with Crippen molar-refractivity contribution >= 4 is 15.8 Å². The molecule has 0 bridgehead atoms. The number of esters is 1. The van der Waals surface area contributed by atoms with Gasteiger partial charge in [-0.3, -0.25) is 4.79 Å². The van der Waals surface area contributed by atoms with Crippen molar-refractivity contribution < 1.29 is 17.9 Å². The van der Waals surface area contributed by atoms with E-state index >= 15 is 0 Å². The average Bonchev–Trinajstić information content (AvgIpc) is 3.19. The van der Waals surface area contributed by atoms with E-state index in [1.807, 2.05) is 20.8 Å². The summed E-state index contributed by atoms with van der Waals surface area (Å²) in [7, 11) is -3.22. The first kappa shape index (κ1) is 30.1. The van der Waals surface area contributed by atoms with Gasteiger partial charge in [-0.25, -0.2) is 8.42 Å². The predicted molar refractivity (Wildman–Crippen MR) is 156 cm³/mol. The van der Waals surface area contributed by atoms with Crippen LogP contribution in [0.3, 0.4) is 0 Å². The Morgan fingerprint density at radius 1 is 1.05 bits per heavy atom. The molecule has 4 aliphatic carbocycles. The second-order valence-corrected chi connectivity index (χ2v) is 17.6. The summed E-state index contributed by atoms with van der Waals surface area (Å²) in [6, 6.07) is 0. The molecule has 4 rings (SSSR count). The fraction of sp³-hybridized carbons (Fsp3) is 0.909. The van der Waals surface area contributed by atoms with Crippen LogP contribution in [0.15, 0.2) is 11.1 Å². The summed E-state index contributed by atoms with van der Waals surface area (Å²) in [5.41, 5.74) is 2.38. The first-order valence-corrected chi connectivity index (χ1v) is 17.5. The number of allylic oxidation sites excluding steroid dienone is 1. The molecule has 2 saturated carbocycles. The molecule has 4 nitrogen and oxygen atoms in total. The minimum atomic E-state index is -3.22. The minimum absolute atomic E-state index is 0.178. The third-order valence-electron chi connectivity index (χ3n) is 11.3. The van der Waals surface area contributed by atoms with Gasteiger partial charge in [-0.05, 0) is 112 Å². The van der Waals surface area contributed by atoms with Crippen LogP contribution in [0.25, 0.3) is 0 Å². The molecule has 0 aromatic rings. The van der Waals surface area contributed by atoms with Crippen molar-refractivity contribution in [1.29, 1.82) is 0 Å². The third kappa shape index (κ3) is 5.79. The Labute approximate surface area is 234 Å². The number of ether oxygens (including phenoxy) is 1. The van der Waals surface area contributed by atoms with Gasteiger partial charge in [0.1, 0.15) is 6.10 Å². The van der Waals surface area contributed by atoms with Gasteiger partial charge in [0, 0.05) is 12.2 Å². The Morgan fingerprint density at radius 2 is 1.76 bits per heavy atom. The van der Waals surface area contributed by atoms with Crippen molar-refractivity contribution in [3.8, 4) is 0 Å². The summed E-state index contributed by atoms with van der Waals surface area (Å²) in [5, 5.41) is -0.384. The van der Waals surface area contributed by atoms with Crippen LogP contribution in [-0.4, -0.2) is 31.5 Å². The first-order valence-electron chi connectivity index (χ1n) is 15.8. The van der Waals surface area contributed by atoms with E-state index in [9.17, 15) is 13.2 Å². The summed E-state index contributed by atoms with van der Waals surface area (Å²) in [6.45, 7) is 17.2. The molecule has 5 heteroatoms. The van der Waals surface area contributed by atoms with E-state index in [4.69, 9.17) is 4.74 Å². The third-order valence-corrected chi connectivity index (χ3v) is 13.4. The van der Waals surface area contributed by atoms with Gasteiger partial charge in [0.05, 0.1) is 10.7 Å². The van der Waals surface area contributed by atoms with Crippen molar-refractivity contribution in [2.75, 3.05) is 5.75 Å². The lowest BCUT2D eigenvalue weighted by Gasteiger charge is -2.54. The van der Waals surface area contributed by atoms with Crippen LogP contribution in [0.2, 0.25) is 0 Å². The lowest BCUT2D eigenvalue weighted by molar-refractivity contribution is -0.159. The summed E-state index contributed by atoms with van der Waals surface area (Å²) < 4.78 is 33.0. The molecule has 0 heterocycles. The van der Waals surface area contributed by atoms with Gasteiger partial charge in [0.25, 0.3) is 0 Å². The molecule has 0 aliphatic heterocycles. The van der Waals surface area contributed by atoms with Crippen LogP contribution in [0.4, 0.5) is 0 Å². The van der Waals surface area contributed by atoms with Gasteiger partial charge in [0.2, 0.25) is 0 Å². The topological polar surface area (TPSA) is 60.4 Å². The predicted octanol–water partition coefficient (Wildman–Crippen LogP) is 8.15. The van der Waals surface area contributed by atoms with Crippen LogP contribution >= 0.6 is 0 Å². The molecule has 0 N–H and O–H groups in total. The monoisotopic (exact) mass is 548 g/mol. The molecule has 0 radical (unpaired) electrons. The average molecular weight is 549 g/mol. The van der Waals surface area contributed by atoms with E-state index in [-0.39, 0.29) is 23.1 Å². The first-order chi connectivity index (χ1) is 17.7. The highest BCUT2D eigenvalue weighted by Crippen LogP contribution is 2.65. The van der Waals surface area contributed by atoms with E-state index in [1.54, 1.807) is 6.92 Å². The van der Waals surface area contributed by atoms with Gasteiger partial charge in [-0.1, -0.05) is 59.5 Å². The van der Waals surface area contributed by atoms with Gasteiger partial charge < -0.3 is 4.74 Å². The molecule has 8 atom stereocenters.